The molecule has 1 aromatic rings. The smallest absolute Gasteiger partial charge is 0.429 e. The molecule has 0 saturated heterocycles. The molecule has 0 spiro atoms. The van der Waals surface area contributed by atoms with E-state index < -0.39 is 29.1 Å². The summed E-state index contributed by atoms with van der Waals surface area (Å²) < 4.78 is 61.6. The van der Waals surface area contributed by atoms with Crippen molar-refractivity contribution in [2.75, 3.05) is 0 Å². The van der Waals surface area contributed by atoms with Gasteiger partial charge in [-0.15, -0.1) is 0 Å². The van der Waals surface area contributed by atoms with E-state index in [1.165, 1.54) is 38.7 Å². The summed E-state index contributed by atoms with van der Waals surface area (Å²) in [5.74, 6) is -0.828. The van der Waals surface area contributed by atoms with Gasteiger partial charge in [-0.3, -0.25) is 0 Å². The number of ether oxygens (including phenoxy) is 1. The predicted molar refractivity (Wildman–Crippen MR) is 124 cm³/mol. The first-order valence-electron chi connectivity index (χ1n) is 11.3. The number of rotatable bonds is 7. The van der Waals surface area contributed by atoms with Crippen LogP contribution in [0.3, 0.4) is 0 Å². The second-order valence-electron chi connectivity index (χ2n) is 9.28. The van der Waals surface area contributed by atoms with E-state index in [2.05, 4.69) is 30.5 Å². The van der Waals surface area contributed by atoms with Crippen LogP contribution in [0.15, 0.2) is 54.6 Å². The third-order valence-electron chi connectivity index (χ3n) is 6.91. The SMILES string of the molecule is C=C(/C=C(/F)C(=C)C)OC(F)(F)c1ccc(C2CCC(C3CCC(S)CC3)CC2)cc1F. The van der Waals surface area contributed by atoms with Gasteiger partial charge in [0.05, 0.1) is 5.56 Å². The quantitative estimate of drug-likeness (QED) is 0.182. The van der Waals surface area contributed by atoms with Crippen LogP contribution < -0.4 is 0 Å². The molecule has 1 aromatic carbocycles. The average molecular weight is 469 g/mol. The summed E-state index contributed by atoms with van der Waals surface area (Å²) in [7, 11) is 0. The van der Waals surface area contributed by atoms with E-state index in [0.29, 0.717) is 17.2 Å². The van der Waals surface area contributed by atoms with Gasteiger partial charge in [-0.05, 0) is 99.3 Å². The largest absolute Gasteiger partial charge is 0.429 e. The molecule has 2 aliphatic carbocycles. The molecule has 1 nitrogen and oxygen atoms in total. The van der Waals surface area contributed by atoms with Crippen LogP contribution >= 0.6 is 12.6 Å². The maximum atomic E-state index is 14.6. The lowest BCUT2D eigenvalue weighted by Gasteiger charge is -2.37. The highest BCUT2D eigenvalue weighted by molar-refractivity contribution is 7.80. The van der Waals surface area contributed by atoms with Crippen molar-refractivity contribution in [1.82, 2.24) is 0 Å². The molecular formula is C26H32F4OS. The Morgan fingerprint density at radius 3 is 2.12 bits per heavy atom. The molecular weight excluding hydrogens is 436 g/mol. The van der Waals surface area contributed by atoms with Gasteiger partial charge in [-0.25, -0.2) is 8.78 Å². The second-order valence-corrected chi connectivity index (χ2v) is 10.0. The molecule has 0 bridgehead atoms. The van der Waals surface area contributed by atoms with Gasteiger partial charge in [-0.1, -0.05) is 19.2 Å². The van der Waals surface area contributed by atoms with E-state index in [1.54, 1.807) is 6.07 Å². The standard InChI is InChI=1S/C26H32F4OS/c1-16(2)24(27)14-17(3)31-26(29,30)23-13-10-21(15-25(23)28)20-6-4-18(5-7-20)19-8-11-22(32)12-9-19/h10,13-15,18-20,22,32H,1,3-9,11-12H2,2H3/b24-14+. The third-order valence-corrected chi connectivity index (χ3v) is 7.43. The fourth-order valence-electron chi connectivity index (χ4n) is 5.03. The first kappa shape index (κ1) is 24.9. The van der Waals surface area contributed by atoms with Crippen LogP contribution in [0.5, 0.6) is 0 Å². The Bertz CT molecular complexity index is 863. The minimum Gasteiger partial charge on any atom is -0.429 e. The number of hydrogen-bond donors (Lipinski definition) is 1. The van der Waals surface area contributed by atoms with Gasteiger partial charge in [0, 0.05) is 11.3 Å². The molecule has 176 valence electrons. The van der Waals surface area contributed by atoms with E-state index in [1.807, 2.05) is 0 Å². The van der Waals surface area contributed by atoms with Gasteiger partial charge >= 0.3 is 6.11 Å². The summed E-state index contributed by atoms with van der Waals surface area (Å²) in [6.45, 7) is 8.03. The van der Waals surface area contributed by atoms with E-state index in [-0.39, 0.29) is 11.5 Å². The first-order chi connectivity index (χ1) is 15.1. The maximum Gasteiger partial charge on any atom is 0.429 e. The molecule has 0 aliphatic heterocycles. The van der Waals surface area contributed by atoms with Gasteiger partial charge < -0.3 is 4.74 Å². The van der Waals surface area contributed by atoms with Crippen molar-refractivity contribution in [3.63, 3.8) is 0 Å². The van der Waals surface area contributed by atoms with Crippen molar-refractivity contribution in [1.29, 1.82) is 0 Å². The molecule has 3 rings (SSSR count). The molecule has 0 aromatic heterocycles. The molecule has 6 heteroatoms. The van der Waals surface area contributed by atoms with Gasteiger partial charge in [0.1, 0.15) is 17.4 Å². The van der Waals surface area contributed by atoms with Crippen LogP contribution in [0.25, 0.3) is 0 Å². The number of benzene rings is 1. The van der Waals surface area contributed by atoms with Crippen molar-refractivity contribution in [3.05, 3.63) is 71.5 Å². The monoisotopic (exact) mass is 468 g/mol. The van der Waals surface area contributed by atoms with Crippen LogP contribution in [0.4, 0.5) is 17.6 Å². The zero-order chi connectivity index (χ0) is 23.5. The van der Waals surface area contributed by atoms with E-state index >= 15 is 0 Å². The lowest BCUT2D eigenvalue weighted by Crippen LogP contribution is -2.25. The lowest BCUT2D eigenvalue weighted by atomic mass is 9.70. The summed E-state index contributed by atoms with van der Waals surface area (Å²) >= 11 is 4.58. The van der Waals surface area contributed by atoms with Crippen molar-refractivity contribution in [3.8, 4) is 0 Å². The van der Waals surface area contributed by atoms with Crippen LogP contribution in [0.2, 0.25) is 0 Å². The van der Waals surface area contributed by atoms with E-state index in [0.717, 1.165) is 43.2 Å². The first-order valence-corrected chi connectivity index (χ1v) is 11.8. The summed E-state index contributed by atoms with van der Waals surface area (Å²) in [6.07, 6.45) is 5.65. The molecule has 32 heavy (non-hydrogen) atoms. The van der Waals surface area contributed by atoms with Crippen LogP contribution in [0.1, 0.15) is 75.3 Å². The number of alkyl halides is 2. The molecule has 0 heterocycles. The maximum absolute atomic E-state index is 14.6. The predicted octanol–water partition coefficient (Wildman–Crippen LogP) is 8.60. The number of allylic oxidation sites excluding steroid dienone is 3. The van der Waals surface area contributed by atoms with Crippen molar-refractivity contribution < 1.29 is 22.3 Å². The molecule has 0 radical (unpaired) electrons. The fourth-order valence-corrected chi connectivity index (χ4v) is 5.33. The summed E-state index contributed by atoms with van der Waals surface area (Å²) in [6, 6.07) is 3.81. The van der Waals surface area contributed by atoms with Crippen LogP contribution in [-0.4, -0.2) is 5.25 Å². The Morgan fingerprint density at radius 2 is 1.59 bits per heavy atom. The molecule has 0 N–H and O–H groups in total. The number of halogens is 4. The minimum atomic E-state index is -3.96. The zero-order valence-electron chi connectivity index (χ0n) is 18.6. The van der Waals surface area contributed by atoms with Gasteiger partial charge in [0.2, 0.25) is 0 Å². The van der Waals surface area contributed by atoms with E-state index in [4.69, 9.17) is 0 Å². The second kappa shape index (κ2) is 10.5. The van der Waals surface area contributed by atoms with E-state index in [9.17, 15) is 17.6 Å². The normalized spacial score (nSPS) is 27.1. The lowest BCUT2D eigenvalue weighted by molar-refractivity contribution is -0.222. The average Bonchev–Trinajstić information content (AvgIpc) is 2.73. The van der Waals surface area contributed by atoms with Crippen molar-refractivity contribution in [2.24, 2.45) is 11.8 Å². The van der Waals surface area contributed by atoms with Gasteiger partial charge in [-0.2, -0.15) is 21.4 Å². The number of hydrogen-bond acceptors (Lipinski definition) is 2. The zero-order valence-corrected chi connectivity index (χ0v) is 19.5. The van der Waals surface area contributed by atoms with Gasteiger partial charge in [0.15, 0.2) is 0 Å². The summed E-state index contributed by atoms with van der Waals surface area (Å²) in [5, 5.41) is 0.532. The van der Waals surface area contributed by atoms with Crippen LogP contribution in [-0.2, 0) is 10.8 Å². The Morgan fingerprint density at radius 1 is 1.03 bits per heavy atom. The highest BCUT2D eigenvalue weighted by Gasteiger charge is 2.38. The highest BCUT2D eigenvalue weighted by atomic mass is 32.1. The Hall–Kier alpha value is -1.69. The highest BCUT2D eigenvalue weighted by Crippen LogP contribution is 2.44. The van der Waals surface area contributed by atoms with Gasteiger partial charge in [0.25, 0.3) is 0 Å². The summed E-state index contributed by atoms with van der Waals surface area (Å²) in [5.41, 5.74) is -0.0898. The minimum absolute atomic E-state index is 0.0534. The Kier molecular flexibility index (Phi) is 8.18. The van der Waals surface area contributed by atoms with Crippen molar-refractivity contribution >= 4 is 12.6 Å². The molecule has 2 aliphatic rings. The summed E-state index contributed by atoms with van der Waals surface area (Å²) in [4.78, 5) is 0. The Labute approximate surface area is 194 Å². The third kappa shape index (κ3) is 6.21. The topological polar surface area (TPSA) is 9.23 Å². The molecule has 0 atom stereocenters. The fraction of sp³-hybridized carbons (Fsp3) is 0.538. The molecule has 0 unspecified atom stereocenters. The number of thiol groups is 1. The molecule has 2 fully saturated rings. The Balaban J connectivity index is 1.62. The molecule has 0 amide bonds. The van der Waals surface area contributed by atoms with Crippen LogP contribution in [0, 0.1) is 17.7 Å². The molecule has 2 saturated carbocycles. The van der Waals surface area contributed by atoms with Crippen molar-refractivity contribution in [2.45, 2.75) is 75.6 Å².